The molecule has 0 atom stereocenters. The van der Waals surface area contributed by atoms with Crippen LogP contribution in [0.1, 0.15) is 64.9 Å². The van der Waals surface area contributed by atoms with Crippen LogP contribution < -0.4 is 5.73 Å². The van der Waals surface area contributed by atoms with Crippen LogP contribution in [0.15, 0.2) is 24.3 Å². The summed E-state index contributed by atoms with van der Waals surface area (Å²) in [5, 5.41) is 0. The van der Waals surface area contributed by atoms with Crippen LogP contribution in [-0.4, -0.2) is 5.78 Å². The Morgan fingerprint density at radius 3 is 2.21 bits per heavy atom. The fourth-order valence-corrected chi connectivity index (χ4v) is 2.26. The molecule has 19 heavy (non-hydrogen) atoms. The van der Waals surface area contributed by atoms with E-state index in [2.05, 4.69) is 6.92 Å². The minimum absolute atomic E-state index is 0.328. The Hall–Kier alpha value is -1.31. The van der Waals surface area contributed by atoms with Gasteiger partial charge in [0.25, 0.3) is 0 Å². The summed E-state index contributed by atoms with van der Waals surface area (Å²) in [7, 11) is 0. The van der Waals surface area contributed by atoms with E-state index in [9.17, 15) is 4.79 Å². The van der Waals surface area contributed by atoms with Gasteiger partial charge < -0.3 is 5.73 Å². The normalized spacial score (nSPS) is 11.5. The van der Waals surface area contributed by atoms with E-state index >= 15 is 0 Å². The fraction of sp³-hybridized carbons (Fsp3) is 0.588. The van der Waals surface area contributed by atoms with Crippen molar-refractivity contribution in [2.75, 3.05) is 5.73 Å². The van der Waals surface area contributed by atoms with Gasteiger partial charge in [-0.25, -0.2) is 0 Å². The molecule has 0 saturated heterocycles. The number of Topliss-reactive ketones (excluding diaryl/α,β-unsaturated/α-hetero) is 1. The molecular weight excluding hydrogens is 234 g/mol. The maximum atomic E-state index is 12.4. The van der Waals surface area contributed by atoms with Crippen LogP contribution in [0.5, 0.6) is 0 Å². The second-order valence-electron chi connectivity index (χ2n) is 5.83. The molecule has 1 aromatic rings. The fourth-order valence-electron chi connectivity index (χ4n) is 2.26. The van der Waals surface area contributed by atoms with E-state index in [0.29, 0.717) is 12.2 Å². The summed E-state index contributed by atoms with van der Waals surface area (Å²) in [6, 6.07) is 7.66. The van der Waals surface area contributed by atoms with Gasteiger partial charge in [-0.15, -0.1) is 0 Å². The summed E-state index contributed by atoms with van der Waals surface area (Å²) < 4.78 is 0. The first-order chi connectivity index (χ1) is 8.98. The van der Waals surface area contributed by atoms with Crippen molar-refractivity contribution in [2.24, 2.45) is 0 Å². The average Bonchev–Trinajstić information content (AvgIpc) is 2.38. The van der Waals surface area contributed by atoms with Crippen molar-refractivity contribution in [3.63, 3.8) is 0 Å². The first-order valence-corrected chi connectivity index (χ1v) is 7.37. The molecule has 1 rings (SSSR count). The first-order valence-electron chi connectivity index (χ1n) is 7.37. The smallest absolute Gasteiger partial charge is 0.142 e. The van der Waals surface area contributed by atoms with E-state index < -0.39 is 5.41 Å². The van der Waals surface area contributed by atoms with Crippen molar-refractivity contribution in [3.05, 3.63) is 29.8 Å². The van der Waals surface area contributed by atoms with Gasteiger partial charge in [-0.05, 0) is 38.0 Å². The Bertz CT molecular complexity index is 392. The molecule has 1 aromatic carbocycles. The van der Waals surface area contributed by atoms with Crippen LogP contribution in [0.2, 0.25) is 0 Å². The highest BCUT2D eigenvalue weighted by Gasteiger charge is 2.28. The lowest BCUT2D eigenvalue weighted by Crippen LogP contribution is -2.28. The molecule has 0 heterocycles. The Morgan fingerprint density at radius 2 is 1.63 bits per heavy atom. The molecule has 0 fully saturated rings. The molecular formula is C17H27NO. The third-order valence-electron chi connectivity index (χ3n) is 3.84. The third kappa shape index (κ3) is 4.70. The number of unbranched alkanes of at least 4 members (excludes halogenated alkanes) is 4. The van der Waals surface area contributed by atoms with Gasteiger partial charge in [0, 0.05) is 17.5 Å². The summed E-state index contributed by atoms with van der Waals surface area (Å²) in [6.07, 6.45) is 6.61. The van der Waals surface area contributed by atoms with E-state index in [1.165, 1.54) is 19.3 Å². The highest BCUT2D eigenvalue weighted by atomic mass is 16.1. The van der Waals surface area contributed by atoms with Gasteiger partial charge in [-0.2, -0.15) is 0 Å². The number of hydrogen-bond donors (Lipinski definition) is 1. The molecule has 0 aliphatic heterocycles. The molecule has 2 N–H and O–H groups in total. The standard InChI is InChI=1S/C17H27NO/c1-4-5-6-7-8-9-16(19)17(2,3)14-10-12-15(18)13-11-14/h10-13H,4-9,18H2,1-3H3. The number of anilines is 1. The molecule has 0 bridgehead atoms. The summed E-state index contributed by atoms with van der Waals surface area (Å²) in [6.45, 7) is 6.22. The van der Waals surface area contributed by atoms with E-state index in [1.807, 2.05) is 38.1 Å². The zero-order valence-electron chi connectivity index (χ0n) is 12.5. The maximum Gasteiger partial charge on any atom is 0.142 e. The van der Waals surface area contributed by atoms with Crippen molar-refractivity contribution in [1.29, 1.82) is 0 Å². The van der Waals surface area contributed by atoms with Gasteiger partial charge in [0.2, 0.25) is 0 Å². The first kappa shape index (κ1) is 15.7. The Morgan fingerprint density at radius 1 is 1.05 bits per heavy atom. The predicted molar refractivity (Wildman–Crippen MR) is 82.3 cm³/mol. The number of carbonyl (C=O) groups is 1. The molecule has 0 amide bonds. The van der Waals surface area contributed by atoms with Crippen LogP contribution >= 0.6 is 0 Å². The second kappa shape index (κ2) is 7.32. The molecule has 0 saturated carbocycles. The van der Waals surface area contributed by atoms with Crippen LogP contribution in [0, 0.1) is 0 Å². The van der Waals surface area contributed by atoms with Crippen molar-refractivity contribution >= 4 is 11.5 Å². The van der Waals surface area contributed by atoms with Crippen LogP contribution in [0.25, 0.3) is 0 Å². The summed E-state index contributed by atoms with van der Waals surface area (Å²) in [5.41, 5.74) is 7.08. The van der Waals surface area contributed by atoms with Crippen molar-refractivity contribution in [1.82, 2.24) is 0 Å². The van der Waals surface area contributed by atoms with E-state index in [4.69, 9.17) is 5.73 Å². The molecule has 0 aromatic heterocycles. The average molecular weight is 261 g/mol. The van der Waals surface area contributed by atoms with Crippen molar-refractivity contribution in [3.8, 4) is 0 Å². The zero-order valence-corrected chi connectivity index (χ0v) is 12.5. The Kier molecular flexibility index (Phi) is 6.07. The minimum atomic E-state index is -0.404. The highest BCUT2D eigenvalue weighted by Crippen LogP contribution is 2.27. The highest BCUT2D eigenvalue weighted by molar-refractivity contribution is 5.89. The Balaban J connectivity index is 2.52. The largest absolute Gasteiger partial charge is 0.399 e. The van der Waals surface area contributed by atoms with Crippen LogP contribution in [0.3, 0.4) is 0 Å². The van der Waals surface area contributed by atoms with E-state index in [0.717, 1.165) is 24.1 Å². The van der Waals surface area contributed by atoms with Gasteiger partial charge in [0.15, 0.2) is 0 Å². The number of carbonyl (C=O) groups excluding carboxylic acids is 1. The molecule has 0 radical (unpaired) electrons. The molecule has 2 heteroatoms. The maximum absolute atomic E-state index is 12.4. The quantitative estimate of drug-likeness (QED) is 0.554. The van der Waals surface area contributed by atoms with Gasteiger partial charge in [-0.3, -0.25) is 4.79 Å². The molecule has 2 nitrogen and oxygen atoms in total. The lowest BCUT2D eigenvalue weighted by Gasteiger charge is -2.24. The molecule has 0 spiro atoms. The Labute approximate surface area is 117 Å². The van der Waals surface area contributed by atoms with Gasteiger partial charge in [0.05, 0.1) is 0 Å². The number of hydrogen-bond acceptors (Lipinski definition) is 2. The number of rotatable bonds is 8. The topological polar surface area (TPSA) is 43.1 Å². The minimum Gasteiger partial charge on any atom is -0.399 e. The lowest BCUT2D eigenvalue weighted by molar-refractivity contribution is -0.123. The zero-order chi connectivity index (χ0) is 14.3. The number of benzene rings is 1. The van der Waals surface area contributed by atoms with Gasteiger partial charge >= 0.3 is 0 Å². The van der Waals surface area contributed by atoms with Crippen molar-refractivity contribution in [2.45, 2.75) is 64.7 Å². The lowest BCUT2D eigenvalue weighted by atomic mass is 9.79. The summed E-state index contributed by atoms with van der Waals surface area (Å²) >= 11 is 0. The molecule has 0 aliphatic rings. The predicted octanol–water partition coefficient (Wildman–Crippen LogP) is 4.48. The van der Waals surface area contributed by atoms with Crippen molar-refractivity contribution < 1.29 is 4.79 Å². The van der Waals surface area contributed by atoms with E-state index in [1.54, 1.807) is 0 Å². The number of nitrogen functional groups attached to an aromatic ring is 1. The molecule has 106 valence electrons. The van der Waals surface area contributed by atoms with Crippen LogP contribution in [-0.2, 0) is 10.2 Å². The number of nitrogens with two attached hydrogens (primary N) is 1. The summed E-state index contributed by atoms with van der Waals surface area (Å²) in [5.74, 6) is 0.328. The SMILES string of the molecule is CCCCCCCC(=O)C(C)(C)c1ccc(N)cc1. The molecule has 0 aliphatic carbocycles. The number of ketones is 1. The summed E-state index contributed by atoms with van der Waals surface area (Å²) in [4.78, 5) is 12.4. The third-order valence-corrected chi connectivity index (χ3v) is 3.84. The van der Waals surface area contributed by atoms with Crippen LogP contribution in [0.4, 0.5) is 5.69 Å². The van der Waals surface area contributed by atoms with Gasteiger partial charge in [-0.1, -0.05) is 44.7 Å². The molecule has 0 unspecified atom stereocenters. The van der Waals surface area contributed by atoms with Gasteiger partial charge in [0.1, 0.15) is 5.78 Å². The van der Waals surface area contributed by atoms with E-state index in [-0.39, 0.29) is 0 Å². The monoisotopic (exact) mass is 261 g/mol. The second-order valence-corrected chi connectivity index (χ2v) is 5.83.